The van der Waals surface area contributed by atoms with Crippen molar-refractivity contribution >= 4 is 35.1 Å². The zero-order valence-electron chi connectivity index (χ0n) is 11.9. The number of rotatable bonds is 3. The molecule has 1 aromatic rings. The Kier molecular flexibility index (Phi) is 5.53. The van der Waals surface area contributed by atoms with Gasteiger partial charge in [0.25, 0.3) is 0 Å². The summed E-state index contributed by atoms with van der Waals surface area (Å²) in [5.74, 6) is 1.20. The Morgan fingerprint density at radius 1 is 1.32 bits per heavy atom. The molecule has 1 heterocycles. The van der Waals surface area contributed by atoms with Crippen molar-refractivity contribution in [2.24, 2.45) is 0 Å². The van der Waals surface area contributed by atoms with Crippen LogP contribution < -0.4 is 5.32 Å². The van der Waals surface area contributed by atoms with Gasteiger partial charge in [-0.2, -0.15) is 23.5 Å². The fourth-order valence-electron chi connectivity index (χ4n) is 2.35. The number of hydrogen-bond acceptors (Lipinski definition) is 3. The van der Waals surface area contributed by atoms with Crippen LogP contribution in [0.5, 0.6) is 0 Å². The third kappa shape index (κ3) is 3.63. The van der Waals surface area contributed by atoms with Crippen molar-refractivity contribution in [1.29, 1.82) is 0 Å². The van der Waals surface area contributed by atoms with Gasteiger partial charge in [-0.1, -0.05) is 37.6 Å². The molecule has 0 amide bonds. The smallest absolute Gasteiger partial charge is 0.0446 e. The topological polar surface area (TPSA) is 12.0 Å². The Balaban J connectivity index is 2.17. The highest BCUT2D eigenvalue weighted by molar-refractivity contribution is 8.07. The quantitative estimate of drug-likeness (QED) is 0.880. The molecule has 0 aliphatic carbocycles. The zero-order valence-corrected chi connectivity index (χ0v) is 14.3. The maximum Gasteiger partial charge on any atom is 0.0446 e. The van der Waals surface area contributed by atoms with Gasteiger partial charge in [-0.25, -0.2) is 0 Å². The fourth-order valence-corrected chi connectivity index (χ4v) is 5.70. The number of thioether (sulfide) groups is 2. The third-order valence-electron chi connectivity index (χ3n) is 3.81. The molecule has 0 aromatic heterocycles. The average Bonchev–Trinajstić information content (AvgIpc) is 2.39. The van der Waals surface area contributed by atoms with Crippen molar-refractivity contribution in [2.75, 3.05) is 12.8 Å². The predicted molar refractivity (Wildman–Crippen MR) is 90.8 cm³/mol. The zero-order chi connectivity index (χ0) is 14.0. The Bertz CT molecular complexity index is 438. The summed E-state index contributed by atoms with van der Waals surface area (Å²) in [4.78, 5) is 0. The molecule has 1 nitrogen and oxygen atoms in total. The second-order valence-electron chi connectivity index (χ2n) is 5.19. The minimum Gasteiger partial charge on any atom is -0.312 e. The van der Waals surface area contributed by atoms with Gasteiger partial charge < -0.3 is 5.32 Å². The second-order valence-corrected chi connectivity index (χ2v) is 8.63. The summed E-state index contributed by atoms with van der Waals surface area (Å²) in [6, 6.07) is 6.82. The number of nitrogens with one attached hydrogen (secondary N) is 1. The minimum absolute atomic E-state index is 0.380. The molecule has 2 rings (SSSR count). The normalized spacial score (nSPS) is 29.2. The van der Waals surface area contributed by atoms with E-state index in [1.807, 2.05) is 7.05 Å². The molecular weight excluding hydrogens is 294 g/mol. The van der Waals surface area contributed by atoms with E-state index in [4.69, 9.17) is 11.6 Å². The molecule has 1 fully saturated rings. The van der Waals surface area contributed by atoms with E-state index in [2.05, 4.69) is 67.8 Å². The van der Waals surface area contributed by atoms with E-state index in [1.165, 1.54) is 11.3 Å². The SMILES string of the molecule is CNC(c1ccc(C)c(Cl)c1)C1CSC(C)C(C)S1. The van der Waals surface area contributed by atoms with Gasteiger partial charge in [0.2, 0.25) is 0 Å². The number of halogens is 1. The molecule has 4 unspecified atom stereocenters. The van der Waals surface area contributed by atoms with E-state index >= 15 is 0 Å². The molecule has 0 saturated carbocycles. The largest absolute Gasteiger partial charge is 0.312 e. The summed E-state index contributed by atoms with van der Waals surface area (Å²) in [6.45, 7) is 6.72. The van der Waals surface area contributed by atoms with Gasteiger partial charge in [-0.15, -0.1) is 0 Å². The van der Waals surface area contributed by atoms with Crippen LogP contribution in [0.1, 0.15) is 31.0 Å². The Hall–Kier alpha value is 0.170. The van der Waals surface area contributed by atoms with Crippen molar-refractivity contribution in [3.63, 3.8) is 0 Å². The van der Waals surface area contributed by atoms with E-state index < -0.39 is 0 Å². The summed E-state index contributed by atoms with van der Waals surface area (Å²) in [7, 11) is 2.05. The molecule has 0 radical (unpaired) electrons. The van der Waals surface area contributed by atoms with Crippen molar-refractivity contribution < 1.29 is 0 Å². The van der Waals surface area contributed by atoms with Gasteiger partial charge in [0.15, 0.2) is 0 Å². The molecule has 1 aromatic carbocycles. The minimum atomic E-state index is 0.380. The Labute approximate surface area is 130 Å². The highest BCUT2D eigenvalue weighted by atomic mass is 35.5. The van der Waals surface area contributed by atoms with Crippen LogP contribution in [0.25, 0.3) is 0 Å². The van der Waals surface area contributed by atoms with Crippen LogP contribution in [0.4, 0.5) is 0 Å². The standard InChI is InChI=1S/C15H22ClNS2/c1-9-5-6-12(7-13(9)16)15(17-4)14-8-18-10(2)11(3)19-14/h5-7,10-11,14-15,17H,8H2,1-4H3. The molecule has 0 bridgehead atoms. The lowest BCUT2D eigenvalue weighted by molar-refractivity contribution is 0.588. The number of benzene rings is 1. The van der Waals surface area contributed by atoms with Crippen molar-refractivity contribution in [1.82, 2.24) is 5.32 Å². The first-order chi connectivity index (χ1) is 9.02. The first kappa shape index (κ1) is 15.6. The third-order valence-corrected chi connectivity index (χ3v) is 7.71. The summed E-state index contributed by atoms with van der Waals surface area (Å²) in [6.07, 6.45) is 0. The van der Waals surface area contributed by atoms with Crippen LogP contribution in [0.15, 0.2) is 18.2 Å². The molecule has 4 atom stereocenters. The van der Waals surface area contributed by atoms with Crippen molar-refractivity contribution in [3.05, 3.63) is 34.3 Å². The molecule has 4 heteroatoms. The Morgan fingerprint density at radius 2 is 2.05 bits per heavy atom. The molecule has 1 aliphatic rings. The molecule has 1 aliphatic heterocycles. The monoisotopic (exact) mass is 315 g/mol. The first-order valence-corrected chi connectivity index (χ1v) is 9.10. The van der Waals surface area contributed by atoms with Crippen LogP contribution in [-0.2, 0) is 0 Å². The number of aryl methyl sites for hydroxylation is 1. The van der Waals surface area contributed by atoms with Gasteiger partial charge in [0, 0.05) is 32.6 Å². The average molecular weight is 316 g/mol. The number of hydrogen-bond donors (Lipinski definition) is 1. The van der Waals surface area contributed by atoms with Gasteiger partial charge in [-0.05, 0) is 31.2 Å². The molecule has 1 saturated heterocycles. The van der Waals surface area contributed by atoms with Crippen LogP contribution in [0.2, 0.25) is 5.02 Å². The molecule has 0 spiro atoms. The van der Waals surface area contributed by atoms with Crippen LogP contribution in [0, 0.1) is 6.92 Å². The van der Waals surface area contributed by atoms with Gasteiger partial charge >= 0.3 is 0 Å². The predicted octanol–water partition coefficient (Wildman–Crippen LogP) is 4.53. The highest BCUT2D eigenvalue weighted by Gasteiger charge is 2.31. The maximum absolute atomic E-state index is 6.27. The summed E-state index contributed by atoms with van der Waals surface area (Å²) in [5, 5.41) is 6.42. The molecular formula is C15H22ClNS2. The van der Waals surface area contributed by atoms with E-state index in [9.17, 15) is 0 Å². The summed E-state index contributed by atoms with van der Waals surface area (Å²) >= 11 is 10.5. The van der Waals surface area contributed by atoms with Gasteiger partial charge in [0.1, 0.15) is 0 Å². The van der Waals surface area contributed by atoms with E-state index in [0.717, 1.165) is 15.8 Å². The highest BCUT2D eigenvalue weighted by Crippen LogP contribution is 2.41. The maximum atomic E-state index is 6.27. The lowest BCUT2D eigenvalue weighted by Gasteiger charge is -2.36. The molecule has 1 N–H and O–H groups in total. The second kappa shape index (κ2) is 6.75. The van der Waals surface area contributed by atoms with E-state index in [-0.39, 0.29) is 0 Å². The van der Waals surface area contributed by atoms with Crippen molar-refractivity contribution in [2.45, 2.75) is 42.6 Å². The fraction of sp³-hybridized carbons (Fsp3) is 0.600. The first-order valence-electron chi connectivity index (χ1n) is 6.73. The Morgan fingerprint density at radius 3 is 2.63 bits per heavy atom. The van der Waals surface area contributed by atoms with Crippen LogP contribution >= 0.6 is 35.1 Å². The van der Waals surface area contributed by atoms with Crippen molar-refractivity contribution in [3.8, 4) is 0 Å². The van der Waals surface area contributed by atoms with E-state index in [1.54, 1.807) is 0 Å². The van der Waals surface area contributed by atoms with Gasteiger partial charge in [0.05, 0.1) is 0 Å². The summed E-state index contributed by atoms with van der Waals surface area (Å²) < 4.78 is 0. The molecule has 19 heavy (non-hydrogen) atoms. The molecule has 106 valence electrons. The lowest BCUT2D eigenvalue weighted by Crippen LogP contribution is -2.35. The lowest BCUT2D eigenvalue weighted by atomic mass is 10.0. The van der Waals surface area contributed by atoms with Crippen LogP contribution in [-0.4, -0.2) is 28.6 Å². The summed E-state index contributed by atoms with van der Waals surface area (Å²) in [5.41, 5.74) is 2.45. The van der Waals surface area contributed by atoms with Gasteiger partial charge in [-0.3, -0.25) is 0 Å². The van der Waals surface area contributed by atoms with E-state index in [0.29, 0.717) is 16.5 Å². The van der Waals surface area contributed by atoms with Crippen LogP contribution in [0.3, 0.4) is 0 Å².